The second-order valence-electron chi connectivity index (χ2n) is 6.66. The van der Waals surface area contributed by atoms with Crippen molar-refractivity contribution in [1.82, 2.24) is 20.1 Å². The summed E-state index contributed by atoms with van der Waals surface area (Å²) in [6.07, 6.45) is 7.12. The normalized spacial score (nSPS) is 12.3. The first kappa shape index (κ1) is 17.1. The van der Waals surface area contributed by atoms with Crippen LogP contribution in [0.3, 0.4) is 0 Å². The minimum Gasteiger partial charge on any atom is -0.367 e. The molecule has 0 spiro atoms. The summed E-state index contributed by atoms with van der Waals surface area (Å²) in [6.45, 7) is 6.38. The van der Waals surface area contributed by atoms with Gasteiger partial charge in [-0.15, -0.1) is 0 Å². The lowest BCUT2D eigenvalue weighted by Gasteiger charge is -2.14. The van der Waals surface area contributed by atoms with Crippen LogP contribution in [0.5, 0.6) is 0 Å². The van der Waals surface area contributed by atoms with E-state index in [9.17, 15) is 0 Å². The molecule has 6 heteroatoms. The van der Waals surface area contributed by atoms with Crippen LogP contribution in [0.1, 0.15) is 32.2 Å². The topological polar surface area (TPSA) is 76.7 Å². The van der Waals surface area contributed by atoms with Crippen molar-refractivity contribution in [2.75, 3.05) is 5.32 Å². The second-order valence-corrected chi connectivity index (χ2v) is 6.66. The zero-order valence-corrected chi connectivity index (χ0v) is 14.8. The van der Waals surface area contributed by atoms with Crippen LogP contribution in [-0.2, 0) is 12.8 Å². The molecule has 0 radical (unpaired) electrons. The van der Waals surface area contributed by atoms with Gasteiger partial charge in [0.1, 0.15) is 5.82 Å². The molecular formula is C19H23N5O. The van der Waals surface area contributed by atoms with Gasteiger partial charge in [0.25, 0.3) is 5.89 Å². The molecule has 0 saturated carbocycles. The van der Waals surface area contributed by atoms with E-state index in [2.05, 4.69) is 52.3 Å². The average Bonchev–Trinajstić information content (AvgIpc) is 3.04. The number of anilines is 1. The summed E-state index contributed by atoms with van der Waals surface area (Å²) in [5.74, 6) is 2.56. The molecule has 0 aliphatic heterocycles. The smallest absolute Gasteiger partial charge is 0.259 e. The van der Waals surface area contributed by atoms with Crippen LogP contribution in [0.25, 0.3) is 11.5 Å². The largest absolute Gasteiger partial charge is 0.367 e. The predicted molar refractivity (Wildman–Crippen MR) is 97.1 cm³/mol. The first-order valence-electron chi connectivity index (χ1n) is 8.54. The number of hydrogen-bond acceptors (Lipinski definition) is 6. The third kappa shape index (κ3) is 4.86. The molecule has 25 heavy (non-hydrogen) atoms. The number of rotatable bonds is 7. The van der Waals surface area contributed by atoms with Gasteiger partial charge in [-0.05, 0) is 43.0 Å². The molecule has 3 rings (SSSR count). The van der Waals surface area contributed by atoms with E-state index in [1.54, 1.807) is 12.4 Å². The Balaban J connectivity index is 1.61. The molecule has 0 bridgehead atoms. The van der Waals surface area contributed by atoms with Crippen LogP contribution in [0.2, 0.25) is 0 Å². The standard InChI is InChI=1S/C19H23N5O/c1-13(2)9-18-23-19(25-24-18)16-6-7-17(21-12-16)22-14(3)10-15-5-4-8-20-11-15/h4-8,11-14H,9-10H2,1-3H3,(H,21,22)/t14-/m0/s1. The van der Waals surface area contributed by atoms with Crippen LogP contribution < -0.4 is 5.32 Å². The fourth-order valence-electron chi connectivity index (χ4n) is 2.60. The van der Waals surface area contributed by atoms with E-state index in [-0.39, 0.29) is 6.04 Å². The van der Waals surface area contributed by atoms with Crippen molar-refractivity contribution in [3.63, 3.8) is 0 Å². The lowest BCUT2D eigenvalue weighted by atomic mass is 10.1. The molecule has 0 fully saturated rings. The molecule has 3 aromatic rings. The van der Waals surface area contributed by atoms with Crippen molar-refractivity contribution in [2.24, 2.45) is 5.92 Å². The van der Waals surface area contributed by atoms with Gasteiger partial charge in [0.2, 0.25) is 0 Å². The Bertz CT molecular complexity index is 783. The highest BCUT2D eigenvalue weighted by Gasteiger charge is 2.11. The van der Waals surface area contributed by atoms with Crippen LogP contribution in [-0.4, -0.2) is 26.2 Å². The number of pyridine rings is 2. The Hall–Kier alpha value is -2.76. The van der Waals surface area contributed by atoms with Gasteiger partial charge in [-0.1, -0.05) is 25.1 Å². The van der Waals surface area contributed by atoms with Gasteiger partial charge in [0, 0.05) is 31.1 Å². The lowest BCUT2D eigenvalue weighted by Crippen LogP contribution is -2.18. The molecule has 1 N–H and O–H groups in total. The van der Waals surface area contributed by atoms with Crippen molar-refractivity contribution in [1.29, 1.82) is 0 Å². The summed E-state index contributed by atoms with van der Waals surface area (Å²) in [7, 11) is 0. The van der Waals surface area contributed by atoms with Crippen LogP contribution in [0, 0.1) is 5.92 Å². The molecule has 1 atom stereocenters. The Morgan fingerprint density at radius 3 is 2.64 bits per heavy atom. The molecule has 0 amide bonds. The minimum absolute atomic E-state index is 0.253. The molecular weight excluding hydrogens is 314 g/mol. The van der Waals surface area contributed by atoms with Crippen molar-refractivity contribution >= 4 is 5.82 Å². The minimum atomic E-state index is 0.253. The second kappa shape index (κ2) is 7.88. The van der Waals surface area contributed by atoms with Gasteiger partial charge >= 0.3 is 0 Å². The summed E-state index contributed by atoms with van der Waals surface area (Å²) < 4.78 is 5.32. The average molecular weight is 337 g/mol. The first-order valence-corrected chi connectivity index (χ1v) is 8.54. The number of hydrogen-bond donors (Lipinski definition) is 1. The van der Waals surface area contributed by atoms with E-state index in [0.717, 1.165) is 30.0 Å². The highest BCUT2D eigenvalue weighted by atomic mass is 16.5. The Labute approximate surface area is 147 Å². The van der Waals surface area contributed by atoms with E-state index in [1.807, 2.05) is 24.4 Å². The van der Waals surface area contributed by atoms with Crippen molar-refractivity contribution in [3.8, 4) is 11.5 Å². The third-order valence-electron chi connectivity index (χ3n) is 3.73. The molecule has 3 aromatic heterocycles. The van der Waals surface area contributed by atoms with Crippen LogP contribution in [0.15, 0.2) is 47.4 Å². The van der Waals surface area contributed by atoms with Gasteiger partial charge in [0.15, 0.2) is 5.82 Å². The van der Waals surface area contributed by atoms with Gasteiger partial charge in [-0.2, -0.15) is 4.98 Å². The monoisotopic (exact) mass is 337 g/mol. The number of aromatic nitrogens is 4. The zero-order valence-electron chi connectivity index (χ0n) is 14.8. The maximum absolute atomic E-state index is 5.32. The van der Waals surface area contributed by atoms with E-state index in [4.69, 9.17) is 4.52 Å². The number of nitrogens with zero attached hydrogens (tertiary/aromatic N) is 4. The summed E-state index contributed by atoms with van der Waals surface area (Å²) in [5.41, 5.74) is 2.02. The molecule has 0 aliphatic carbocycles. The summed E-state index contributed by atoms with van der Waals surface area (Å²) in [4.78, 5) is 13.0. The maximum Gasteiger partial charge on any atom is 0.259 e. The highest BCUT2D eigenvalue weighted by molar-refractivity contribution is 5.54. The molecule has 6 nitrogen and oxygen atoms in total. The summed E-state index contributed by atoms with van der Waals surface area (Å²) >= 11 is 0. The van der Waals surface area contributed by atoms with Gasteiger partial charge in [-0.25, -0.2) is 4.98 Å². The Kier molecular flexibility index (Phi) is 5.38. The molecule has 0 aromatic carbocycles. The van der Waals surface area contributed by atoms with Gasteiger partial charge in [-0.3, -0.25) is 4.98 Å². The molecule has 0 saturated heterocycles. The van der Waals surface area contributed by atoms with E-state index >= 15 is 0 Å². The van der Waals surface area contributed by atoms with Gasteiger partial charge < -0.3 is 9.84 Å². The van der Waals surface area contributed by atoms with E-state index < -0.39 is 0 Å². The SMILES string of the molecule is CC(C)Cc1noc(-c2ccc(N[C@@H](C)Cc3cccnc3)nc2)n1. The Morgan fingerprint density at radius 2 is 1.96 bits per heavy atom. The molecule has 0 unspecified atom stereocenters. The zero-order chi connectivity index (χ0) is 17.6. The molecule has 130 valence electrons. The van der Waals surface area contributed by atoms with E-state index in [1.165, 1.54) is 5.56 Å². The third-order valence-corrected chi connectivity index (χ3v) is 3.73. The van der Waals surface area contributed by atoms with Crippen LogP contribution >= 0.6 is 0 Å². The van der Waals surface area contributed by atoms with Gasteiger partial charge in [0.05, 0.1) is 5.56 Å². The maximum atomic E-state index is 5.32. The van der Waals surface area contributed by atoms with Crippen molar-refractivity contribution in [3.05, 3.63) is 54.2 Å². The van der Waals surface area contributed by atoms with Crippen molar-refractivity contribution < 1.29 is 4.52 Å². The van der Waals surface area contributed by atoms with E-state index in [0.29, 0.717) is 11.8 Å². The predicted octanol–water partition coefficient (Wildman–Crippen LogP) is 3.77. The quantitative estimate of drug-likeness (QED) is 0.707. The highest BCUT2D eigenvalue weighted by Crippen LogP contribution is 2.19. The van der Waals surface area contributed by atoms with Crippen molar-refractivity contribution in [2.45, 2.75) is 39.7 Å². The summed E-state index contributed by atoms with van der Waals surface area (Å²) in [5, 5.41) is 7.41. The molecule has 0 aliphatic rings. The Morgan fingerprint density at radius 1 is 1.08 bits per heavy atom. The molecule has 3 heterocycles. The lowest BCUT2D eigenvalue weighted by molar-refractivity contribution is 0.417. The first-order chi connectivity index (χ1) is 12.1. The fourth-order valence-corrected chi connectivity index (χ4v) is 2.60. The number of nitrogens with one attached hydrogen (secondary N) is 1. The summed E-state index contributed by atoms with van der Waals surface area (Å²) in [6, 6.07) is 8.16. The van der Waals surface area contributed by atoms with Crippen LogP contribution in [0.4, 0.5) is 5.82 Å². The fraction of sp³-hybridized carbons (Fsp3) is 0.368.